The van der Waals surface area contributed by atoms with Crippen molar-refractivity contribution < 1.29 is 19.1 Å². The normalized spacial score (nSPS) is 11.1. The van der Waals surface area contributed by atoms with Crippen LogP contribution in [0.5, 0.6) is 0 Å². The van der Waals surface area contributed by atoms with Crippen molar-refractivity contribution in [2.75, 3.05) is 13.2 Å². The summed E-state index contributed by atoms with van der Waals surface area (Å²) in [6.45, 7) is 18.9. The predicted molar refractivity (Wildman–Crippen MR) is 41.8 cm³/mol. The number of rotatable bonds is 5. The second-order valence-electron chi connectivity index (χ2n) is 2.15. The van der Waals surface area contributed by atoms with Gasteiger partial charge in [0.2, 0.25) is 0 Å². The van der Waals surface area contributed by atoms with E-state index in [-0.39, 0.29) is 6.61 Å². The van der Waals surface area contributed by atoms with Crippen molar-refractivity contribution >= 4 is 11.8 Å². The van der Waals surface area contributed by atoms with Gasteiger partial charge in [0, 0.05) is 27.7 Å². The van der Waals surface area contributed by atoms with Gasteiger partial charge in [0.25, 0.3) is 0 Å². The van der Waals surface area contributed by atoms with E-state index in [1.165, 1.54) is 0 Å². The average Bonchev–Trinajstić information content (AvgIpc) is 2.01. The van der Waals surface area contributed by atoms with Crippen LogP contribution in [0, 0.1) is 27.7 Å². The molecule has 0 N–H and O–H groups in total. The summed E-state index contributed by atoms with van der Waals surface area (Å²) in [6, 6.07) is 0. The quantitative estimate of drug-likeness (QED) is 0.545. The molecule has 0 aliphatic heterocycles. The summed E-state index contributed by atoms with van der Waals surface area (Å²) >= 11 is 0. The summed E-state index contributed by atoms with van der Waals surface area (Å²) in [6.07, 6.45) is 0. The van der Waals surface area contributed by atoms with E-state index >= 15 is 0 Å². The van der Waals surface area contributed by atoms with E-state index in [4.69, 9.17) is 27.7 Å². The van der Waals surface area contributed by atoms with Gasteiger partial charge in [-0.3, -0.25) is 4.79 Å². The Morgan fingerprint density at radius 1 is 1.31 bits per heavy atom. The highest BCUT2D eigenvalue weighted by Gasteiger charge is 2.31. The molecule has 0 saturated carbocycles. The molecular formula is C9H8O4. The van der Waals surface area contributed by atoms with Gasteiger partial charge in [-0.2, -0.15) is 0 Å². The molecule has 0 heterocycles. The average molecular weight is 180 g/mol. The van der Waals surface area contributed by atoms with E-state index in [0.29, 0.717) is 0 Å². The molecule has 13 heavy (non-hydrogen) atoms. The molecule has 0 rings (SSSR count). The zero-order valence-corrected chi connectivity index (χ0v) is 6.86. The van der Waals surface area contributed by atoms with Crippen LogP contribution in [-0.4, -0.2) is 30.6 Å². The first-order valence-corrected chi connectivity index (χ1v) is 3.27. The van der Waals surface area contributed by atoms with E-state index in [2.05, 4.69) is 9.47 Å². The van der Waals surface area contributed by atoms with Crippen molar-refractivity contribution in [3.8, 4) is 0 Å². The number of carbonyl (C=O) groups excluding carboxylic acids is 2. The molecule has 4 heteroatoms. The topological polar surface area (TPSA) is 52.6 Å². The lowest BCUT2D eigenvalue weighted by Gasteiger charge is -2.20. The molecule has 0 aromatic rings. The van der Waals surface area contributed by atoms with E-state index in [0.717, 1.165) is 0 Å². The lowest BCUT2D eigenvalue weighted by molar-refractivity contribution is -0.161. The van der Waals surface area contributed by atoms with Gasteiger partial charge in [-0.05, 0) is 0 Å². The van der Waals surface area contributed by atoms with Crippen molar-refractivity contribution in [3.63, 3.8) is 0 Å². The van der Waals surface area contributed by atoms with Crippen molar-refractivity contribution in [1.82, 2.24) is 0 Å². The summed E-state index contributed by atoms with van der Waals surface area (Å²) in [4.78, 5) is 21.1. The maximum absolute atomic E-state index is 10.8. The van der Waals surface area contributed by atoms with Crippen LogP contribution in [0.2, 0.25) is 0 Å². The first-order chi connectivity index (χ1) is 5.90. The lowest BCUT2D eigenvalue weighted by Crippen LogP contribution is -2.38. The van der Waals surface area contributed by atoms with Crippen molar-refractivity contribution in [3.05, 3.63) is 27.7 Å². The molecule has 0 fully saturated rings. The molecular weight excluding hydrogens is 172 g/mol. The standard InChI is InChI=1S/C9H8O4/c1-5-12-8(11)9(3,4)13-6-7(2)10/h1-4H,5-6H2. The minimum atomic E-state index is -2.20. The number of ether oxygens (including phenoxy) is 2. The Labute approximate surface area is 78.2 Å². The molecule has 0 amide bonds. The Kier molecular flexibility index (Phi) is 4.62. The molecule has 4 nitrogen and oxygen atoms in total. The molecule has 0 saturated heterocycles. The number of Topliss-reactive ketones (excluding diaryl/α,β-unsaturated/α-hetero) is 1. The van der Waals surface area contributed by atoms with Crippen LogP contribution in [0.4, 0.5) is 0 Å². The van der Waals surface area contributed by atoms with Gasteiger partial charge < -0.3 is 9.47 Å². The molecule has 0 aliphatic rings. The van der Waals surface area contributed by atoms with Crippen molar-refractivity contribution in [2.24, 2.45) is 0 Å². The maximum atomic E-state index is 10.8. The van der Waals surface area contributed by atoms with Crippen LogP contribution >= 0.6 is 0 Å². The van der Waals surface area contributed by atoms with Gasteiger partial charge in [-0.25, -0.2) is 4.79 Å². The third-order valence-corrected chi connectivity index (χ3v) is 0.987. The summed E-state index contributed by atoms with van der Waals surface area (Å²) in [5.74, 6) is -1.88. The number of esters is 1. The maximum Gasteiger partial charge on any atom is 0.339 e. The Bertz CT molecular complexity index is 196. The van der Waals surface area contributed by atoms with E-state index < -0.39 is 24.0 Å². The minimum absolute atomic E-state index is 0.380. The van der Waals surface area contributed by atoms with Crippen LogP contribution in [-0.2, 0) is 19.1 Å². The predicted octanol–water partition coefficient (Wildman–Crippen LogP) is -0.302. The summed E-state index contributed by atoms with van der Waals surface area (Å²) in [5.41, 5.74) is -2.20. The van der Waals surface area contributed by atoms with E-state index in [1.54, 1.807) is 0 Å². The highest BCUT2D eigenvalue weighted by Crippen LogP contribution is 2.09. The molecule has 0 atom stereocenters. The molecule has 8 radical (unpaired) electrons. The fourth-order valence-electron chi connectivity index (χ4n) is 0.438. The Balaban J connectivity index is 4.05. The van der Waals surface area contributed by atoms with Crippen molar-refractivity contribution in [1.29, 1.82) is 0 Å². The van der Waals surface area contributed by atoms with Gasteiger partial charge in [0.15, 0.2) is 11.4 Å². The smallest absolute Gasteiger partial charge is 0.339 e. The number of hydrogen-bond donors (Lipinski definition) is 0. The van der Waals surface area contributed by atoms with Crippen molar-refractivity contribution in [2.45, 2.75) is 5.60 Å². The lowest BCUT2D eigenvalue weighted by atomic mass is 10.1. The Morgan fingerprint density at radius 2 is 1.85 bits per heavy atom. The van der Waals surface area contributed by atoms with Crippen LogP contribution < -0.4 is 0 Å². The highest BCUT2D eigenvalue weighted by atomic mass is 16.6. The zero-order chi connectivity index (χ0) is 10.5. The highest BCUT2D eigenvalue weighted by molar-refractivity contribution is 5.85. The molecule has 0 spiro atoms. The monoisotopic (exact) mass is 180 g/mol. The molecule has 0 bridgehead atoms. The minimum Gasteiger partial charge on any atom is -0.463 e. The Hall–Kier alpha value is -0.900. The largest absolute Gasteiger partial charge is 0.463 e. The first-order valence-electron chi connectivity index (χ1n) is 3.27. The molecule has 0 aliphatic carbocycles. The van der Waals surface area contributed by atoms with Crippen LogP contribution in [0.3, 0.4) is 0 Å². The number of carbonyl (C=O) groups is 2. The van der Waals surface area contributed by atoms with Gasteiger partial charge in [0.1, 0.15) is 6.61 Å². The fourth-order valence-corrected chi connectivity index (χ4v) is 0.438. The van der Waals surface area contributed by atoms with Crippen LogP contribution in [0.15, 0.2) is 0 Å². The number of ketones is 1. The van der Waals surface area contributed by atoms with Gasteiger partial charge in [-0.1, -0.05) is 0 Å². The first kappa shape index (κ1) is 12.1. The molecule has 0 aromatic carbocycles. The fraction of sp³-hybridized carbons (Fsp3) is 0.333. The summed E-state index contributed by atoms with van der Waals surface area (Å²) in [5, 5.41) is 0. The van der Waals surface area contributed by atoms with E-state index in [1.807, 2.05) is 0 Å². The van der Waals surface area contributed by atoms with Crippen LogP contribution in [0.1, 0.15) is 0 Å². The second kappa shape index (κ2) is 4.97. The second-order valence-corrected chi connectivity index (χ2v) is 2.15. The third-order valence-electron chi connectivity index (χ3n) is 0.987. The van der Waals surface area contributed by atoms with Gasteiger partial charge >= 0.3 is 5.97 Å². The zero-order valence-electron chi connectivity index (χ0n) is 6.86. The SMILES string of the molecule is [CH]COC(=O)C([CH])([CH])OCC([CH])=O. The van der Waals surface area contributed by atoms with Gasteiger partial charge in [-0.15, -0.1) is 0 Å². The van der Waals surface area contributed by atoms with Crippen LogP contribution in [0.25, 0.3) is 0 Å². The third kappa shape index (κ3) is 4.62. The number of hydrogen-bond acceptors (Lipinski definition) is 4. The molecule has 0 aromatic heterocycles. The Morgan fingerprint density at radius 3 is 2.23 bits per heavy atom. The van der Waals surface area contributed by atoms with E-state index in [9.17, 15) is 9.59 Å². The summed E-state index contributed by atoms with van der Waals surface area (Å²) in [7, 11) is 0. The molecule has 0 unspecified atom stereocenters. The van der Waals surface area contributed by atoms with Gasteiger partial charge in [0.05, 0.1) is 6.61 Å². The summed E-state index contributed by atoms with van der Waals surface area (Å²) < 4.78 is 8.71. The molecule has 68 valence electrons.